The number of nitrogens with zero attached hydrogens (tertiary/aromatic N) is 4. The molecule has 0 N–H and O–H groups in total. The van der Waals surface area contributed by atoms with E-state index in [0.717, 1.165) is 55.3 Å². The van der Waals surface area contributed by atoms with Gasteiger partial charge in [0.05, 0.1) is 11.3 Å². The Hall–Kier alpha value is -1.89. The van der Waals surface area contributed by atoms with Crippen molar-refractivity contribution in [1.82, 2.24) is 20.0 Å². The third-order valence-corrected chi connectivity index (χ3v) is 5.94. The summed E-state index contributed by atoms with van der Waals surface area (Å²) < 4.78 is 5.43. The number of pyridine rings is 1. The zero-order valence-electron chi connectivity index (χ0n) is 14.2. The van der Waals surface area contributed by atoms with Crippen molar-refractivity contribution < 1.29 is 9.32 Å². The molecule has 2 fully saturated rings. The second kappa shape index (κ2) is 7.56. The molecule has 132 valence electrons. The largest absolute Gasteiger partial charge is 0.342 e. The Bertz CT molecular complexity index is 738. The van der Waals surface area contributed by atoms with Gasteiger partial charge in [-0.15, -0.1) is 0 Å². The van der Waals surface area contributed by atoms with Crippen LogP contribution in [0.15, 0.2) is 27.9 Å². The maximum absolute atomic E-state index is 12.4. The third kappa shape index (κ3) is 3.71. The van der Waals surface area contributed by atoms with Crippen molar-refractivity contribution in [3.8, 4) is 11.4 Å². The molecule has 3 heterocycles. The zero-order valence-corrected chi connectivity index (χ0v) is 15.0. The van der Waals surface area contributed by atoms with Crippen LogP contribution in [0.5, 0.6) is 0 Å². The second-order valence-corrected chi connectivity index (χ2v) is 7.63. The average Bonchev–Trinajstić information content (AvgIpc) is 3.08. The fraction of sp³-hybridized carbons (Fsp3) is 0.556. The lowest BCUT2D eigenvalue weighted by atomic mass is 9.85. The van der Waals surface area contributed by atoms with Crippen LogP contribution in [0.25, 0.3) is 11.4 Å². The molecule has 1 aliphatic heterocycles. The fourth-order valence-electron chi connectivity index (χ4n) is 3.21. The number of hydrogen-bond acceptors (Lipinski definition) is 6. The van der Waals surface area contributed by atoms with Gasteiger partial charge in [0.2, 0.25) is 17.6 Å². The summed E-state index contributed by atoms with van der Waals surface area (Å²) in [4.78, 5) is 23.3. The Morgan fingerprint density at radius 1 is 1.24 bits per heavy atom. The van der Waals surface area contributed by atoms with Gasteiger partial charge in [-0.25, -0.2) is 4.98 Å². The van der Waals surface area contributed by atoms with Crippen molar-refractivity contribution in [2.75, 3.05) is 18.8 Å². The molecule has 0 radical (unpaired) electrons. The number of rotatable bonds is 5. The average molecular weight is 358 g/mol. The quantitative estimate of drug-likeness (QED) is 0.762. The molecule has 25 heavy (non-hydrogen) atoms. The normalized spacial score (nSPS) is 18.2. The smallest absolute Gasteiger partial charge is 0.232 e. The standard InChI is InChI=1S/C18H22N4O2S/c23-15(22-10-2-1-3-11-22)12-25-18-14(8-5-9-19-18)16-20-17(24-21-16)13-6-4-7-13/h5,8-9,13H,1-4,6-7,10-12H2. The first-order valence-corrected chi connectivity index (χ1v) is 9.99. The van der Waals surface area contributed by atoms with E-state index in [1.165, 1.54) is 24.6 Å². The van der Waals surface area contributed by atoms with Gasteiger partial charge in [-0.3, -0.25) is 4.79 Å². The van der Waals surface area contributed by atoms with Gasteiger partial charge in [-0.05, 0) is 44.2 Å². The molecule has 2 aromatic heterocycles. The highest BCUT2D eigenvalue weighted by Gasteiger charge is 2.26. The highest BCUT2D eigenvalue weighted by molar-refractivity contribution is 8.00. The van der Waals surface area contributed by atoms with Crippen LogP contribution < -0.4 is 0 Å². The van der Waals surface area contributed by atoms with E-state index < -0.39 is 0 Å². The van der Waals surface area contributed by atoms with Gasteiger partial charge >= 0.3 is 0 Å². The molecule has 1 saturated carbocycles. The van der Waals surface area contributed by atoms with E-state index in [0.29, 0.717) is 17.5 Å². The Balaban J connectivity index is 1.45. The molecule has 0 spiro atoms. The Morgan fingerprint density at radius 3 is 2.84 bits per heavy atom. The van der Waals surface area contributed by atoms with Gasteiger partial charge < -0.3 is 9.42 Å². The molecule has 0 atom stereocenters. The third-order valence-electron chi connectivity index (χ3n) is 4.95. The van der Waals surface area contributed by atoms with E-state index in [2.05, 4.69) is 15.1 Å². The number of amides is 1. The molecule has 0 unspecified atom stereocenters. The minimum absolute atomic E-state index is 0.185. The maximum atomic E-state index is 12.4. The van der Waals surface area contributed by atoms with Crippen molar-refractivity contribution in [3.63, 3.8) is 0 Å². The summed E-state index contributed by atoms with van der Waals surface area (Å²) >= 11 is 1.46. The van der Waals surface area contributed by atoms with Crippen LogP contribution in [-0.2, 0) is 4.79 Å². The molecule has 1 aliphatic carbocycles. The van der Waals surface area contributed by atoms with E-state index in [9.17, 15) is 4.79 Å². The lowest BCUT2D eigenvalue weighted by Crippen LogP contribution is -2.36. The summed E-state index contributed by atoms with van der Waals surface area (Å²) in [6.45, 7) is 1.76. The number of aromatic nitrogens is 3. The lowest BCUT2D eigenvalue weighted by molar-refractivity contribution is -0.129. The summed E-state index contributed by atoms with van der Waals surface area (Å²) in [5.74, 6) is 2.30. The number of likely N-dealkylation sites (tertiary alicyclic amines) is 1. The second-order valence-electron chi connectivity index (χ2n) is 6.67. The van der Waals surface area contributed by atoms with Crippen molar-refractivity contribution in [2.24, 2.45) is 0 Å². The van der Waals surface area contributed by atoms with Crippen LogP contribution >= 0.6 is 11.8 Å². The van der Waals surface area contributed by atoms with Gasteiger partial charge in [-0.2, -0.15) is 4.98 Å². The summed E-state index contributed by atoms with van der Waals surface area (Å²) in [6, 6.07) is 3.81. The predicted octanol–water partition coefficient (Wildman–Crippen LogP) is 3.50. The summed E-state index contributed by atoms with van der Waals surface area (Å²) in [6.07, 6.45) is 8.67. The van der Waals surface area contributed by atoms with E-state index in [-0.39, 0.29) is 5.91 Å². The van der Waals surface area contributed by atoms with Crippen LogP contribution in [0, 0.1) is 0 Å². The van der Waals surface area contributed by atoms with Gasteiger partial charge in [-0.1, -0.05) is 23.3 Å². The van der Waals surface area contributed by atoms with Crippen LogP contribution in [0.2, 0.25) is 0 Å². The lowest BCUT2D eigenvalue weighted by Gasteiger charge is -2.26. The highest BCUT2D eigenvalue weighted by atomic mass is 32.2. The van der Waals surface area contributed by atoms with Crippen LogP contribution in [0.4, 0.5) is 0 Å². The summed E-state index contributed by atoms with van der Waals surface area (Å²) in [7, 11) is 0. The molecular weight excluding hydrogens is 336 g/mol. The molecule has 1 amide bonds. The van der Waals surface area contributed by atoms with Crippen LogP contribution in [-0.4, -0.2) is 44.8 Å². The minimum Gasteiger partial charge on any atom is -0.342 e. The van der Waals surface area contributed by atoms with Crippen LogP contribution in [0.3, 0.4) is 0 Å². The topological polar surface area (TPSA) is 72.1 Å². The molecule has 2 aromatic rings. The molecule has 0 aromatic carbocycles. The number of hydrogen-bond donors (Lipinski definition) is 0. The van der Waals surface area contributed by atoms with Gasteiger partial charge in [0.25, 0.3) is 0 Å². The molecule has 2 aliphatic rings. The number of carbonyl (C=O) groups is 1. The Labute approximate surface area is 151 Å². The van der Waals surface area contributed by atoms with E-state index in [1.54, 1.807) is 6.20 Å². The predicted molar refractivity (Wildman–Crippen MR) is 95.3 cm³/mol. The molecule has 6 nitrogen and oxygen atoms in total. The number of piperidine rings is 1. The maximum Gasteiger partial charge on any atom is 0.232 e. The van der Waals surface area contributed by atoms with Crippen molar-refractivity contribution in [2.45, 2.75) is 49.5 Å². The van der Waals surface area contributed by atoms with Gasteiger partial charge in [0.1, 0.15) is 5.03 Å². The SMILES string of the molecule is O=C(CSc1ncccc1-c1noc(C2CCC2)n1)N1CCCCC1. The van der Waals surface area contributed by atoms with E-state index >= 15 is 0 Å². The minimum atomic E-state index is 0.185. The first-order chi connectivity index (χ1) is 12.3. The molecule has 1 saturated heterocycles. The fourth-order valence-corrected chi connectivity index (χ4v) is 4.10. The number of carbonyl (C=O) groups excluding carboxylic acids is 1. The summed E-state index contributed by atoms with van der Waals surface area (Å²) in [5.41, 5.74) is 0.841. The van der Waals surface area contributed by atoms with E-state index in [4.69, 9.17) is 4.52 Å². The Morgan fingerprint density at radius 2 is 2.08 bits per heavy atom. The first kappa shape index (κ1) is 16.6. The van der Waals surface area contributed by atoms with Gasteiger partial charge in [0.15, 0.2) is 0 Å². The van der Waals surface area contributed by atoms with Crippen LogP contribution in [0.1, 0.15) is 50.3 Å². The first-order valence-electron chi connectivity index (χ1n) is 9.01. The molecule has 0 bridgehead atoms. The molecule has 4 rings (SSSR count). The van der Waals surface area contributed by atoms with E-state index in [1.807, 2.05) is 17.0 Å². The van der Waals surface area contributed by atoms with Crippen molar-refractivity contribution in [1.29, 1.82) is 0 Å². The van der Waals surface area contributed by atoms with Gasteiger partial charge in [0, 0.05) is 25.2 Å². The molecular formula is C18H22N4O2S. The summed E-state index contributed by atoms with van der Waals surface area (Å²) in [5, 5.41) is 4.92. The Kier molecular flexibility index (Phi) is 5.01. The monoisotopic (exact) mass is 358 g/mol. The highest BCUT2D eigenvalue weighted by Crippen LogP contribution is 2.36. The van der Waals surface area contributed by atoms with Crippen molar-refractivity contribution >= 4 is 17.7 Å². The van der Waals surface area contributed by atoms with Crippen molar-refractivity contribution in [3.05, 3.63) is 24.2 Å². The zero-order chi connectivity index (χ0) is 17.1. The molecule has 7 heteroatoms. The number of thioether (sulfide) groups is 1.